The molecule has 1 aromatic carbocycles. The first kappa shape index (κ1) is 18.9. The molecule has 1 aliphatic carbocycles. The number of carbonyl (C=O) groups is 1. The van der Waals surface area contributed by atoms with Crippen LogP contribution in [0.3, 0.4) is 0 Å². The average Bonchev–Trinajstić information content (AvgIpc) is 2.73. The highest BCUT2D eigenvalue weighted by molar-refractivity contribution is 5.66. The summed E-state index contributed by atoms with van der Waals surface area (Å²) < 4.78 is 17.8. The van der Waals surface area contributed by atoms with E-state index in [4.69, 9.17) is 19.3 Å². The molecule has 4 aliphatic rings. The molecule has 5 heteroatoms. The zero-order valence-electron chi connectivity index (χ0n) is 16.0. The molecule has 4 fully saturated rings. The summed E-state index contributed by atoms with van der Waals surface area (Å²) in [6, 6.07) is 8.63. The molecule has 1 aromatic rings. The van der Waals surface area contributed by atoms with Crippen LogP contribution in [0.5, 0.6) is 0 Å². The van der Waals surface area contributed by atoms with E-state index in [1.54, 1.807) is 0 Å². The lowest BCUT2D eigenvalue weighted by Gasteiger charge is -2.53. The largest absolute Gasteiger partial charge is 0.481 e. The molecule has 27 heavy (non-hydrogen) atoms. The van der Waals surface area contributed by atoms with Crippen LogP contribution in [0.15, 0.2) is 24.3 Å². The van der Waals surface area contributed by atoms with Crippen molar-refractivity contribution in [3.63, 3.8) is 0 Å². The van der Waals surface area contributed by atoms with E-state index in [1.807, 2.05) is 0 Å². The predicted octanol–water partition coefficient (Wildman–Crippen LogP) is 4.38. The van der Waals surface area contributed by atoms with Crippen molar-refractivity contribution in [3.05, 3.63) is 35.4 Å². The van der Waals surface area contributed by atoms with Gasteiger partial charge in [0.15, 0.2) is 6.29 Å². The zero-order chi connectivity index (χ0) is 18.7. The number of carboxylic acid groups (broad SMARTS) is 1. The molecule has 3 aliphatic heterocycles. The summed E-state index contributed by atoms with van der Waals surface area (Å²) in [5, 5.41) is 8.99. The Kier molecular flexibility index (Phi) is 5.53. The van der Waals surface area contributed by atoms with E-state index in [0.29, 0.717) is 13.2 Å². The SMILES string of the molecule is O=C(O)CCC12CCC(c3ccc(COC4CCCCO4)cc3)(CC1)OC2. The first-order valence-electron chi connectivity index (χ1n) is 10.3. The highest BCUT2D eigenvalue weighted by Crippen LogP contribution is 2.55. The fourth-order valence-corrected chi connectivity index (χ4v) is 4.77. The van der Waals surface area contributed by atoms with Crippen molar-refractivity contribution in [1.29, 1.82) is 0 Å². The van der Waals surface area contributed by atoms with Gasteiger partial charge in [-0.05, 0) is 67.9 Å². The summed E-state index contributed by atoms with van der Waals surface area (Å²) in [7, 11) is 0. The normalized spacial score (nSPS) is 33.1. The van der Waals surface area contributed by atoms with Gasteiger partial charge in [0.2, 0.25) is 0 Å². The van der Waals surface area contributed by atoms with Crippen LogP contribution in [0.4, 0.5) is 0 Å². The molecule has 1 unspecified atom stereocenters. The van der Waals surface area contributed by atoms with Crippen molar-refractivity contribution in [1.82, 2.24) is 0 Å². The van der Waals surface area contributed by atoms with E-state index in [9.17, 15) is 4.79 Å². The van der Waals surface area contributed by atoms with Gasteiger partial charge >= 0.3 is 5.97 Å². The first-order chi connectivity index (χ1) is 13.1. The van der Waals surface area contributed by atoms with E-state index in [2.05, 4.69) is 24.3 Å². The summed E-state index contributed by atoms with van der Waals surface area (Å²) in [4.78, 5) is 10.9. The molecule has 1 atom stereocenters. The molecular weight excluding hydrogens is 344 g/mol. The smallest absolute Gasteiger partial charge is 0.303 e. The molecule has 0 radical (unpaired) electrons. The summed E-state index contributed by atoms with van der Waals surface area (Å²) in [6.07, 6.45) is 8.30. The van der Waals surface area contributed by atoms with Crippen molar-refractivity contribution in [2.45, 2.75) is 76.3 Å². The molecule has 3 saturated heterocycles. The second kappa shape index (κ2) is 7.90. The molecule has 5 nitrogen and oxygen atoms in total. The zero-order valence-corrected chi connectivity index (χ0v) is 16.0. The summed E-state index contributed by atoms with van der Waals surface area (Å²) in [5.74, 6) is -0.705. The van der Waals surface area contributed by atoms with Gasteiger partial charge in [-0.3, -0.25) is 4.79 Å². The van der Waals surface area contributed by atoms with E-state index in [0.717, 1.165) is 57.1 Å². The Morgan fingerprint density at radius 2 is 1.93 bits per heavy atom. The highest BCUT2D eigenvalue weighted by atomic mass is 16.7. The third kappa shape index (κ3) is 4.20. The average molecular weight is 374 g/mol. The van der Waals surface area contributed by atoms with E-state index >= 15 is 0 Å². The van der Waals surface area contributed by atoms with Gasteiger partial charge in [0.05, 0.1) is 18.8 Å². The van der Waals surface area contributed by atoms with Crippen LogP contribution in [-0.2, 0) is 31.2 Å². The first-order valence-corrected chi connectivity index (χ1v) is 10.3. The molecule has 2 bridgehead atoms. The monoisotopic (exact) mass is 374 g/mol. The lowest BCUT2D eigenvalue weighted by Crippen LogP contribution is -2.49. The minimum Gasteiger partial charge on any atom is -0.481 e. The van der Waals surface area contributed by atoms with E-state index in [1.165, 1.54) is 12.0 Å². The molecule has 0 spiro atoms. The lowest BCUT2D eigenvalue weighted by molar-refractivity contribution is -0.192. The van der Waals surface area contributed by atoms with Gasteiger partial charge in [-0.1, -0.05) is 24.3 Å². The molecule has 3 heterocycles. The second-order valence-corrected chi connectivity index (χ2v) is 8.48. The molecule has 148 valence electrons. The third-order valence-corrected chi connectivity index (χ3v) is 6.70. The standard InChI is InChI=1S/C22H30O5/c23-19(24)8-9-21-10-12-22(13-11-21,27-16-21)18-6-4-17(5-7-18)15-26-20-3-1-2-14-25-20/h4-7,20H,1-3,8-16H2,(H,23,24). The van der Waals surface area contributed by atoms with Crippen molar-refractivity contribution < 1.29 is 24.1 Å². The number of carboxylic acids is 1. The van der Waals surface area contributed by atoms with Gasteiger partial charge in [-0.25, -0.2) is 0 Å². The van der Waals surface area contributed by atoms with Crippen LogP contribution in [-0.4, -0.2) is 30.6 Å². The Bertz CT molecular complexity index is 623. The Morgan fingerprint density at radius 1 is 1.15 bits per heavy atom. The summed E-state index contributed by atoms with van der Waals surface area (Å²) in [5.41, 5.74) is 2.29. The maximum atomic E-state index is 10.9. The maximum Gasteiger partial charge on any atom is 0.303 e. The van der Waals surface area contributed by atoms with Crippen LogP contribution in [0.1, 0.15) is 68.9 Å². The minimum absolute atomic E-state index is 0.0593. The summed E-state index contributed by atoms with van der Waals surface area (Å²) >= 11 is 0. The Balaban J connectivity index is 1.33. The van der Waals surface area contributed by atoms with Crippen molar-refractivity contribution in [2.24, 2.45) is 5.41 Å². The molecule has 1 N–H and O–H groups in total. The molecule has 0 amide bonds. The number of rotatable bonds is 7. The van der Waals surface area contributed by atoms with Crippen LogP contribution in [0, 0.1) is 5.41 Å². The fraction of sp³-hybridized carbons (Fsp3) is 0.682. The minimum atomic E-state index is -0.705. The van der Waals surface area contributed by atoms with Crippen LogP contribution in [0.25, 0.3) is 0 Å². The lowest BCUT2D eigenvalue weighted by atomic mass is 9.62. The van der Waals surface area contributed by atoms with Gasteiger partial charge in [0, 0.05) is 13.0 Å². The topological polar surface area (TPSA) is 65.0 Å². The highest BCUT2D eigenvalue weighted by Gasteiger charge is 2.50. The van der Waals surface area contributed by atoms with Gasteiger partial charge in [-0.2, -0.15) is 0 Å². The van der Waals surface area contributed by atoms with Crippen LogP contribution < -0.4 is 0 Å². The molecule has 5 rings (SSSR count). The Hall–Kier alpha value is -1.43. The van der Waals surface area contributed by atoms with E-state index < -0.39 is 5.97 Å². The number of hydrogen-bond acceptors (Lipinski definition) is 4. The van der Waals surface area contributed by atoms with Gasteiger partial charge in [0.1, 0.15) is 0 Å². The Morgan fingerprint density at radius 3 is 2.52 bits per heavy atom. The molecule has 0 aromatic heterocycles. The quantitative estimate of drug-likeness (QED) is 0.767. The van der Waals surface area contributed by atoms with Gasteiger partial charge < -0.3 is 19.3 Å². The van der Waals surface area contributed by atoms with Crippen molar-refractivity contribution in [3.8, 4) is 0 Å². The van der Waals surface area contributed by atoms with Gasteiger partial charge in [-0.15, -0.1) is 0 Å². The number of fused-ring (bicyclic) bond motifs is 3. The Labute approximate surface area is 161 Å². The van der Waals surface area contributed by atoms with Gasteiger partial charge in [0.25, 0.3) is 0 Å². The van der Waals surface area contributed by atoms with Crippen LogP contribution >= 0.6 is 0 Å². The molecule has 1 saturated carbocycles. The summed E-state index contributed by atoms with van der Waals surface area (Å²) in [6.45, 7) is 2.07. The van der Waals surface area contributed by atoms with Crippen molar-refractivity contribution >= 4 is 5.97 Å². The number of ether oxygens (including phenoxy) is 3. The van der Waals surface area contributed by atoms with Crippen molar-refractivity contribution in [2.75, 3.05) is 13.2 Å². The number of benzene rings is 1. The van der Waals surface area contributed by atoms with Crippen LogP contribution in [0.2, 0.25) is 0 Å². The predicted molar refractivity (Wildman–Crippen MR) is 100 cm³/mol. The second-order valence-electron chi connectivity index (χ2n) is 8.48. The molecular formula is C22H30O5. The third-order valence-electron chi connectivity index (χ3n) is 6.70. The fourth-order valence-electron chi connectivity index (χ4n) is 4.77. The number of hydrogen-bond donors (Lipinski definition) is 1. The maximum absolute atomic E-state index is 10.9. The number of aliphatic carboxylic acids is 1. The van der Waals surface area contributed by atoms with E-state index in [-0.39, 0.29) is 23.7 Å².